The van der Waals surface area contributed by atoms with Gasteiger partial charge in [-0.1, -0.05) is 0 Å². The van der Waals surface area contributed by atoms with Crippen LogP contribution < -0.4 is 0 Å². The molecule has 0 amide bonds. The van der Waals surface area contributed by atoms with Crippen molar-refractivity contribution in [2.24, 2.45) is 17.8 Å². The van der Waals surface area contributed by atoms with Crippen LogP contribution in [0.4, 0.5) is 0 Å². The maximum Gasteiger partial charge on any atom is 0.138 e. The van der Waals surface area contributed by atoms with Crippen LogP contribution in [-0.4, -0.2) is 26.0 Å². The first kappa shape index (κ1) is 11.2. The van der Waals surface area contributed by atoms with E-state index in [-0.39, 0.29) is 6.10 Å². The summed E-state index contributed by atoms with van der Waals surface area (Å²) in [6.07, 6.45) is 5.87. The third-order valence-corrected chi connectivity index (χ3v) is 4.35. The highest BCUT2D eigenvalue weighted by molar-refractivity contribution is 5.00. The maximum atomic E-state index is 10.3. The van der Waals surface area contributed by atoms with Gasteiger partial charge < -0.3 is 5.11 Å². The van der Waals surface area contributed by atoms with E-state index >= 15 is 0 Å². The van der Waals surface area contributed by atoms with Gasteiger partial charge >= 0.3 is 0 Å². The second-order valence-corrected chi connectivity index (χ2v) is 5.97. The molecule has 1 N–H and O–H groups in total. The molecule has 2 aliphatic rings. The van der Waals surface area contributed by atoms with Crippen LogP contribution in [-0.2, 0) is 6.42 Å². The molecule has 3 rings (SSSR count). The first-order chi connectivity index (χ1) is 8.15. The molecular weight excluding hydrogens is 214 g/mol. The Morgan fingerprint density at radius 3 is 2.71 bits per heavy atom. The van der Waals surface area contributed by atoms with Gasteiger partial charge in [0.15, 0.2) is 0 Å². The zero-order chi connectivity index (χ0) is 12.0. The fourth-order valence-electron chi connectivity index (χ4n) is 3.28. The van der Waals surface area contributed by atoms with E-state index in [0.29, 0.717) is 18.4 Å². The maximum absolute atomic E-state index is 10.3. The van der Waals surface area contributed by atoms with E-state index < -0.39 is 0 Å². The molecule has 1 aromatic heterocycles. The Morgan fingerprint density at radius 1 is 1.35 bits per heavy atom. The number of fused-ring (bicyclic) bond motifs is 1. The van der Waals surface area contributed by atoms with E-state index in [1.165, 1.54) is 19.3 Å². The van der Waals surface area contributed by atoms with Crippen LogP contribution in [0.1, 0.15) is 45.0 Å². The summed E-state index contributed by atoms with van der Waals surface area (Å²) in [5.74, 6) is 3.28. The van der Waals surface area contributed by atoms with E-state index in [1.54, 1.807) is 6.33 Å². The van der Waals surface area contributed by atoms with E-state index in [2.05, 4.69) is 23.9 Å². The number of aromatic nitrogens is 3. The van der Waals surface area contributed by atoms with Gasteiger partial charge in [0.25, 0.3) is 0 Å². The number of hydrogen-bond acceptors (Lipinski definition) is 3. The van der Waals surface area contributed by atoms with Gasteiger partial charge in [-0.15, -0.1) is 0 Å². The molecule has 1 aromatic rings. The van der Waals surface area contributed by atoms with Crippen molar-refractivity contribution in [3.05, 3.63) is 12.2 Å². The Kier molecular flexibility index (Phi) is 2.69. The molecule has 1 heterocycles. The number of rotatable bonds is 4. The topological polar surface area (TPSA) is 50.9 Å². The number of aliphatic hydroxyl groups is 1. The average molecular weight is 235 g/mol. The lowest BCUT2D eigenvalue weighted by molar-refractivity contribution is 0.100. The minimum atomic E-state index is -0.232. The summed E-state index contributed by atoms with van der Waals surface area (Å²) in [7, 11) is 0. The number of nitrogens with zero attached hydrogens (tertiary/aromatic N) is 3. The highest BCUT2D eigenvalue weighted by Crippen LogP contribution is 2.55. The molecule has 2 aliphatic carbocycles. The average Bonchev–Trinajstić information content (AvgIpc) is 2.75. The van der Waals surface area contributed by atoms with Gasteiger partial charge in [-0.3, -0.25) is 0 Å². The SMILES string of the molecule is CC(C)n1ncnc1CC(O)C1CC2CC2C1. The van der Waals surface area contributed by atoms with Crippen molar-refractivity contribution in [1.29, 1.82) is 0 Å². The lowest BCUT2D eigenvalue weighted by atomic mass is 9.94. The van der Waals surface area contributed by atoms with E-state index in [0.717, 1.165) is 17.7 Å². The summed E-state index contributed by atoms with van der Waals surface area (Å²) in [6.45, 7) is 4.19. The van der Waals surface area contributed by atoms with Crippen LogP contribution in [0.15, 0.2) is 6.33 Å². The standard InChI is InChI=1S/C13H21N3O/c1-8(2)16-13(14-7-15-16)6-12(17)11-4-9-3-10(9)5-11/h7-12,17H,3-6H2,1-2H3. The molecule has 0 aromatic carbocycles. The summed E-state index contributed by atoms with van der Waals surface area (Å²) in [5.41, 5.74) is 0. The van der Waals surface area contributed by atoms with Crippen LogP contribution in [0.2, 0.25) is 0 Å². The third-order valence-electron chi connectivity index (χ3n) is 4.35. The predicted molar refractivity (Wildman–Crippen MR) is 64.4 cm³/mol. The summed E-state index contributed by atoms with van der Waals surface area (Å²) in [4.78, 5) is 4.27. The van der Waals surface area contributed by atoms with Crippen molar-refractivity contribution in [3.8, 4) is 0 Å². The molecule has 0 spiro atoms. The lowest BCUT2D eigenvalue weighted by Gasteiger charge is -2.19. The zero-order valence-electron chi connectivity index (χ0n) is 10.6. The van der Waals surface area contributed by atoms with Gasteiger partial charge in [-0.05, 0) is 50.9 Å². The van der Waals surface area contributed by atoms with Crippen LogP contribution >= 0.6 is 0 Å². The molecule has 3 atom stereocenters. The Labute approximate surface area is 102 Å². The molecule has 0 aliphatic heterocycles. The fraction of sp³-hybridized carbons (Fsp3) is 0.846. The summed E-state index contributed by atoms with van der Waals surface area (Å²) in [5, 5.41) is 14.5. The first-order valence-corrected chi connectivity index (χ1v) is 6.71. The van der Waals surface area contributed by atoms with Gasteiger partial charge in [0.1, 0.15) is 12.2 Å². The lowest BCUT2D eigenvalue weighted by Crippen LogP contribution is -2.24. The van der Waals surface area contributed by atoms with Crippen molar-refractivity contribution in [1.82, 2.24) is 14.8 Å². The van der Waals surface area contributed by atoms with Gasteiger partial charge in [-0.25, -0.2) is 9.67 Å². The van der Waals surface area contributed by atoms with Gasteiger partial charge in [0, 0.05) is 12.5 Å². The minimum absolute atomic E-state index is 0.232. The molecule has 4 nitrogen and oxygen atoms in total. The van der Waals surface area contributed by atoms with Crippen molar-refractivity contribution in [3.63, 3.8) is 0 Å². The van der Waals surface area contributed by atoms with Gasteiger partial charge in [0.05, 0.1) is 6.10 Å². The molecule has 0 saturated heterocycles. The first-order valence-electron chi connectivity index (χ1n) is 6.71. The molecular formula is C13H21N3O. The largest absolute Gasteiger partial charge is 0.392 e. The summed E-state index contributed by atoms with van der Waals surface area (Å²) in [6, 6.07) is 0.316. The molecule has 2 saturated carbocycles. The van der Waals surface area contributed by atoms with E-state index in [1.807, 2.05) is 4.68 Å². The second kappa shape index (κ2) is 4.09. The Hall–Kier alpha value is -0.900. The molecule has 2 fully saturated rings. The molecule has 0 bridgehead atoms. The number of aliphatic hydroxyl groups excluding tert-OH is 1. The quantitative estimate of drug-likeness (QED) is 0.866. The molecule has 4 heteroatoms. The third kappa shape index (κ3) is 2.10. The molecule has 17 heavy (non-hydrogen) atoms. The van der Waals surface area contributed by atoms with Crippen molar-refractivity contribution in [2.75, 3.05) is 0 Å². The van der Waals surface area contributed by atoms with Crippen LogP contribution in [0, 0.1) is 17.8 Å². The van der Waals surface area contributed by atoms with Crippen molar-refractivity contribution in [2.45, 2.75) is 51.7 Å². The van der Waals surface area contributed by atoms with Crippen molar-refractivity contribution >= 4 is 0 Å². The molecule has 0 radical (unpaired) electrons. The second-order valence-electron chi connectivity index (χ2n) is 5.97. The smallest absolute Gasteiger partial charge is 0.138 e. The van der Waals surface area contributed by atoms with Gasteiger partial charge in [-0.2, -0.15) is 5.10 Å². The van der Waals surface area contributed by atoms with Crippen LogP contribution in [0.5, 0.6) is 0 Å². The molecule has 94 valence electrons. The highest BCUT2D eigenvalue weighted by Gasteiger charge is 2.47. The minimum Gasteiger partial charge on any atom is -0.392 e. The van der Waals surface area contributed by atoms with Gasteiger partial charge in [0.2, 0.25) is 0 Å². The van der Waals surface area contributed by atoms with Crippen molar-refractivity contribution < 1.29 is 5.11 Å². The van der Waals surface area contributed by atoms with E-state index in [9.17, 15) is 5.11 Å². The Balaban J connectivity index is 1.63. The zero-order valence-corrected chi connectivity index (χ0v) is 10.6. The fourth-order valence-corrected chi connectivity index (χ4v) is 3.28. The normalized spacial score (nSPS) is 32.8. The predicted octanol–water partition coefficient (Wildman–Crippen LogP) is 1.81. The molecule has 3 unspecified atom stereocenters. The number of hydrogen-bond donors (Lipinski definition) is 1. The Bertz CT molecular complexity index is 391. The van der Waals surface area contributed by atoms with Crippen LogP contribution in [0.25, 0.3) is 0 Å². The van der Waals surface area contributed by atoms with E-state index in [4.69, 9.17) is 0 Å². The highest BCUT2D eigenvalue weighted by atomic mass is 16.3. The monoisotopic (exact) mass is 235 g/mol. The van der Waals surface area contributed by atoms with Crippen LogP contribution in [0.3, 0.4) is 0 Å². The Morgan fingerprint density at radius 2 is 2.06 bits per heavy atom. The summed E-state index contributed by atoms with van der Waals surface area (Å²) < 4.78 is 1.92. The summed E-state index contributed by atoms with van der Waals surface area (Å²) >= 11 is 0.